The number of H-pyrrole nitrogens is 1. The van der Waals surface area contributed by atoms with Gasteiger partial charge in [0.1, 0.15) is 0 Å². The molecule has 0 radical (unpaired) electrons. The molecule has 0 aliphatic heterocycles. The number of para-hydroxylation sites is 1. The van der Waals surface area contributed by atoms with Crippen molar-refractivity contribution < 1.29 is 4.79 Å². The minimum absolute atomic E-state index is 0.0819. The van der Waals surface area contributed by atoms with Crippen LogP contribution in [0.15, 0.2) is 60.8 Å². The summed E-state index contributed by atoms with van der Waals surface area (Å²) in [6.45, 7) is 2.16. The van der Waals surface area contributed by atoms with Crippen LogP contribution in [0.1, 0.15) is 17.5 Å². The van der Waals surface area contributed by atoms with Crippen molar-refractivity contribution >= 4 is 16.8 Å². The zero-order valence-corrected chi connectivity index (χ0v) is 13.7. The van der Waals surface area contributed by atoms with Crippen molar-refractivity contribution in [3.8, 4) is 0 Å². The summed E-state index contributed by atoms with van der Waals surface area (Å²) in [5, 5.41) is 7.56. The largest absolute Gasteiger partial charge is 0.361 e. The highest BCUT2D eigenvalue weighted by atomic mass is 16.1. The quantitative estimate of drug-likeness (QED) is 0.559. The number of carbonyl (C=O) groups excluding carboxylic acids is 1. The molecule has 0 aliphatic rings. The Morgan fingerprint density at radius 1 is 0.958 bits per heavy atom. The molecule has 0 saturated heterocycles. The number of aromatic nitrogens is 1. The van der Waals surface area contributed by atoms with Crippen molar-refractivity contribution in [1.29, 1.82) is 0 Å². The monoisotopic (exact) mass is 321 g/mol. The Hall–Kier alpha value is -2.59. The second kappa shape index (κ2) is 8.31. The molecule has 0 saturated carbocycles. The van der Waals surface area contributed by atoms with Crippen LogP contribution in [-0.4, -0.2) is 24.0 Å². The SMILES string of the molecule is O=C(CCNCCc1c[nH]c2ccccc12)NCc1ccccc1. The first kappa shape index (κ1) is 16.3. The summed E-state index contributed by atoms with van der Waals surface area (Å²) in [5.41, 5.74) is 3.61. The first-order chi connectivity index (χ1) is 11.8. The van der Waals surface area contributed by atoms with E-state index >= 15 is 0 Å². The molecule has 24 heavy (non-hydrogen) atoms. The molecule has 0 bridgehead atoms. The molecule has 0 fully saturated rings. The molecule has 0 atom stereocenters. The molecule has 0 unspecified atom stereocenters. The highest BCUT2D eigenvalue weighted by Gasteiger charge is 2.03. The number of aromatic amines is 1. The average molecular weight is 321 g/mol. The third kappa shape index (κ3) is 4.46. The number of rotatable bonds is 8. The van der Waals surface area contributed by atoms with Crippen LogP contribution >= 0.6 is 0 Å². The summed E-state index contributed by atoms with van der Waals surface area (Å²) in [5.74, 6) is 0.0819. The van der Waals surface area contributed by atoms with Gasteiger partial charge in [-0.25, -0.2) is 0 Å². The lowest BCUT2D eigenvalue weighted by Gasteiger charge is -2.06. The number of fused-ring (bicyclic) bond motifs is 1. The Kier molecular flexibility index (Phi) is 5.64. The molecule has 3 aromatic rings. The molecule has 3 rings (SSSR count). The fourth-order valence-electron chi connectivity index (χ4n) is 2.77. The molecule has 0 spiro atoms. The topological polar surface area (TPSA) is 56.9 Å². The summed E-state index contributed by atoms with van der Waals surface area (Å²) in [4.78, 5) is 15.1. The van der Waals surface area contributed by atoms with Crippen molar-refractivity contribution in [2.75, 3.05) is 13.1 Å². The summed E-state index contributed by atoms with van der Waals surface area (Å²) in [6, 6.07) is 18.3. The van der Waals surface area contributed by atoms with Gasteiger partial charge in [-0.2, -0.15) is 0 Å². The van der Waals surface area contributed by atoms with Gasteiger partial charge in [0, 0.05) is 36.6 Å². The van der Waals surface area contributed by atoms with Crippen LogP contribution in [0.3, 0.4) is 0 Å². The van der Waals surface area contributed by atoms with Crippen LogP contribution in [0.2, 0.25) is 0 Å². The minimum Gasteiger partial charge on any atom is -0.361 e. The van der Waals surface area contributed by atoms with Crippen molar-refractivity contribution in [1.82, 2.24) is 15.6 Å². The van der Waals surface area contributed by atoms with Crippen molar-refractivity contribution in [2.45, 2.75) is 19.4 Å². The Balaban J connectivity index is 1.33. The van der Waals surface area contributed by atoms with Crippen LogP contribution in [0.4, 0.5) is 0 Å². The Morgan fingerprint density at radius 2 is 1.75 bits per heavy atom. The van der Waals surface area contributed by atoms with E-state index in [1.54, 1.807) is 0 Å². The van der Waals surface area contributed by atoms with E-state index < -0.39 is 0 Å². The number of benzene rings is 2. The first-order valence-corrected chi connectivity index (χ1v) is 8.39. The average Bonchev–Trinajstić information content (AvgIpc) is 3.04. The van der Waals surface area contributed by atoms with Crippen molar-refractivity contribution in [2.24, 2.45) is 0 Å². The van der Waals surface area contributed by atoms with Crippen molar-refractivity contribution in [3.05, 3.63) is 71.9 Å². The van der Waals surface area contributed by atoms with E-state index in [4.69, 9.17) is 0 Å². The Bertz CT molecular complexity index is 780. The molecule has 1 amide bonds. The van der Waals surface area contributed by atoms with Gasteiger partial charge < -0.3 is 15.6 Å². The molecule has 1 aromatic heterocycles. The fraction of sp³-hybridized carbons (Fsp3) is 0.250. The minimum atomic E-state index is 0.0819. The third-order valence-corrected chi connectivity index (χ3v) is 4.11. The summed E-state index contributed by atoms with van der Waals surface area (Å²) >= 11 is 0. The van der Waals surface area contributed by atoms with E-state index in [1.165, 1.54) is 16.5 Å². The lowest BCUT2D eigenvalue weighted by molar-refractivity contribution is -0.121. The molecular weight excluding hydrogens is 298 g/mol. The van der Waals surface area contributed by atoms with E-state index in [2.05, 4.69) is 40.0 Å². The highest BCUT2D eigenvalue weighted by Crippen LogP contribution is 2.17. The number of hydrogen-bond donors (Lipinski definition) is 3. The van der Waals surface area contributed by atoms with Gasteiger partial charge in [0.2, 0.25) is 5.91 Å². The van der Waals surface area contributed by atoms with Gasteiger partial charge in [-0.3, -0.25) is 4.79 Å². The molecule has 0 aliphatic carbocycles. The molecule has 2 aromatic carbocycles. The van der Waals surface area contributed by atoms with E-state index in [9.17, 15) is 4.79 Å². The Morgan fingerprint density at radius 3 is 2.62 bits per heavy atom. The molecule has 3 N–H and O–H groups in total. The van der Waals surface area contributed by atoms with E-state index in [0.717, 1.165) is 18.5 Å². The summed E-state index contributed by atoms with van der Waals surface area (Å²) in [6.07, 6.45) is 3.52. The van der Waals surface area contributed by atoms with Crippen LogP contribution in [0.25, 0.3) is 10.9 Å². The molecule has 4 nitrogen and oxygen atoms in total. The number of amides is 1. The molecular formula is C20H23N3O. The lowest BCUT2D eigenvalue weighted by atomic mass is 10.1. The molecule has 1 heterocycles. The van der Waals surface area contributed by atoms with Gasteiger partial charge in [0.15, 0.2) is 0 Å². The normalized spacial score (nSPS) is 10.8. The van der Waals surface area contributed by atoms with Crippen LogP contribution in [-0.2, 0) is 17.8 Å². The van der Waals surface area contributed by atoms with Crippen molar-refractivity contribution in [3.63, 3.8) is 0 Å². The van der Waals surface area contributed by atoms with Crippen LogP contribution < -0.4 is 10.6 Å². The van der Waals surface area contributed by atoms with Gasteiger partial charge in [0.05, 0.1) is 0 Å². The van der Waals surface area contributed by atoms with E-state index in [-0.39, 0.29) is 5.91 Å². The van der Waals surface area contributed by atoms with Crippen LogP contribution in [0.5, 0.6) is 0 Å². The number of hydrogen-bond acceptors (Lipinski definition) is 2. The van der Waals surface area contributed by atoms with E-state index in [1.807, 2.05) is 36.4 Å². The first-order valence-electron chi connectivity index (χ1n) is 8.39. The van der Waals surface area contributed by atoms with Gasteiger partial charge in [0.25, 0.3) is 0 Å². The van der Waals surface area contributed by atoms with Gasteiger partial charge in [-0.15, -0.1) is 0 Å². The smallest absolute Gasteiger partial charge is 0.221 e. The number of nitrogens with one attached hydrogen (secondary N) is 3. The zero-order valence-electron chi connectivity index (χ0n) is 13.7. The maximum atomic E-state index is 11.8. The summed E-state index contributed by atoms with van der Waals surface area (Å²) in [7, 11) is 0. The summed E-state index contributed by atoms with van der Waals surface area (Å²) < 4.78 is 0. The maximum absolute atomic E-state index is 11.8. The second-order valence-corrected chi connectivity index (χ2v) is 5.87. The van der Waals surface area contributed by atoms with E-state index in [0.29, 0.717) is 19.5 Å². The van der Waals surface area contributed by atoms with Gasteiger partial charge in [-0.1, -0.05) is 48.5 Å². The van der Waals surface area contributed by atoms with Crippen LogP contribution in [0, 0.1) is 0 Å². The Labute approximate surface area is 142 Å². The second-order valence-electron chi connectivity index (χ2n) is 5.87. The van der Waals surface area contributed by atoms with Gasteiger partial charge >= 0.3 is 0 Å². The molecule has 4 heteroatoms. The predicted molar refractivity (Wildman–Crippen MR) is 97.8 cm³/mol. The highest BCUT2D eigenvalue weighted by molar-refractivity contribution is 5.83. The molecule has 124 valence electrons. The lowest BCUT2D eigenvalue weighted by Crippen LogP contribution is -2.28. The van der Waals surface area contributed by atoms with Gasteiger partial charge in [-0.05, 0) is 30.2 Å². The standard InChI is InChI=1S/C20H23N3O/c24-20(23-14-16-6-2-1-3-7-16)11-13-21-12-10-17-15-22-19-9-5-4-8-18(17)19/h1-9,15,21-22H,10-14H2,(H,23,24). The zero-order chi connectivity index (χ0) is 16.6. The fourth-order valence-corrected chi connectivity index (χ4v) is 2.77. The number of carbonyl (C=O) groups is 1. The maximum Gasteiger partial charge on any atom is 0.221 e. The predicted octanol–water partition coefficient (Wildman–Crippen LogP) is 3.01. The third-order valence-electron chi connectivity index (χ3n) is 4.11.